The first kappa shape index (κ1) is 20.2. The molecule has 1 N–H and O–H groups in total. The maximum Gasteiger partial charge on any atom is 0.289 e. The van der Waals surface area contributed by atoms with Crippen molar-refractivity contribution in [3.05, 3.63) is 82.3 Å². The molecule has 0 unspecified atom stereocenters. The van der Waals surface area contributed by atoms with E-state index in [2.05, 4.69) is 4.72 Å². The monoisotopic (exact) mass is 424 g/mol. The fraction of sp³-hybridized carbons (Fsp3) is 0.261. The molecule has 3 aromatic rings. The van der Waals surface area contributed by atoms with Gasteiger partial charge in [0.2, 0.25) is 0 Å². The molecule has 0 radical (unpaired) electrons. The molecule has 0 spiro atoms. The van der Waals surface area contributed by atoms with Crippen LogP contribution in [0.3, 0.4) is 0 Å². The van der Waals surface area contributed by atoms with Gasteiger partial charge in [-0.25, -0.2) is 8.42 Å². The summed E-state index contributed by atoms with van der Waals surface area (Å²) in [5.41, 5.74) is 4.99. The summed E-state index contributed by atoms with van der Waals surface area (Å²) >= 11 is 0. The van der Waals surface area contributed by atoms with E-state index in [9.17, 15) is 13.2 Å². The number of nitrogens with zero attached hydrogens (tertiary/aromatic N) is 1. The van der Waals surface area contributed by atoms with E-state index < -0.39 is 10.0 Å². The first-order valence-corrected chi connectivity index (χ1v) is 11.3. The standard InChI is InChI=1S/C23H24N2O4S/c1-15-11-16(2)22(17(3)12-15)30(27,28)24-20-7-6-18-8-9-25(14-19(18)13-20)23(26)21-5-4-10-29-21/h4-7,10-13,24H,8-9,14H2,1-3H3. The molecule has 0 bridgehead atoms. The highest BCUT2D eigenvalue weighted by atomic mass is 32.2. The first-order valence-electron chi connectivity index (χ1n) is 9.80. The molecule has 2 heterocycles. The van der Waals surface area contributed by atoms with Crippen molar-refractivity contribution in [2.75, 3.05) is 11.3 Å². The second-order valence-corrected chi connectivity index (χ2v) is 9.39. The molecule has 30 heavy (non-hydrogen) atoms. The molecule has 0 saturated heterocycles. The topological polar surface area (TPSA) is 79.6 Å². The molecule has 1 aromatic heterocycles. The molecule has 7 heteroatoms. The van der Waals surface area contributed by atoms with Crippen molar-refractivity contribution in [1.82, 2.24) is 4.90 Å². The van der Waals surface area contributed by atoms with E-state index in [0.29, 0.717) is 47.0 Å². The van der Waals surface area contributed by atoms with Gasteiger partial charge in [0.25, 0.3) is 15.9 Å². The summed E-state index contributed by atoms with van der Waals surface area (Å²) < 4.78 is 34.1. The lowest BCUT2D eigenvalue weighted by Crippen LogP contribution is -2.35. The molecule has 1 amide bonds. The predicted octanol–water partition coefficient (Wildman–Crippen LogP) is 4.20. The van der Waals surface area contributed by atoms with Crippen molar-refractivity contribution >= 4 is 21.6 Å². The second kappa shape index (κ2) is 7.65. The molecular formula is C23H24N2O4S. The van der Waals surface area contributed by atoms with E-state index in [1.807, 2.05) is 31.2 Å². The maximum absolute atomic E-state index is 13.1. The lowest BCUT2D eigenvalue weighted by atomic mass is 9.99. The number of fused-ring (bicyclic) bond motifs is 1. The van der Waals surface area contributed by atoms with Crippen LogP contribution in [0.15, 0.2) is 58.0 Å². The van der Waals surface area contributed by atoms with Crippen LogP contribution in [0.2, 0.25) is 0 Å². The minimum Gasteiger partial charge on any atom is -0.459 e. The number of nitrogens with one attached hydrogen (secondary N) is 1. The molecule has 6 nitrogen and oxygen atoms in total. The normalized spacial score (nSPS) is 13.8. The van der Waals surface area contributed by atoms with E-state index >= 15 is 0 Å². The summed E-state index contributed by atoms with van der Waals surface area (Å²) in [5, 5.41) is 0. The number of furan rings is 1. The smallest absolute Gasteiger partial charge is 0.289 e. The number of amides is 1. The molecule has 2 aromatic carbocycles. The number of rotatable bonds is 4. The number of carbonyl (C=O) groups excluding carboxylic acids is 1. The third kappa shape index (κ3) is 3.85. The van der Waals surface area contributed by atoms with Crippen molar-refractivity contribution in [3.63, 3.8) is 0 Å². The van der Waals surface area contributed by atoms with Gasteiger partial charge in [-0.1, -0.05) is 23.8 Å². The zero-order valence-corrected chi connectivity index (χ0v) is 18.0. The van der Waals surface area contributed by atoms with Crippen LogP contribution in [0.1, 0.15) is 38.4 Å². The molecular weight excluding hydrogens is 400 g/mol. The lowest BCUT2D eigenvalue weighted by Gasteiger charge is -2.28. The van der Waals surface area contributed by atoms with Gasteiger partial charge in [-0.05, 0) is 73.7 Å². The van der Waals surface area contributed by atoms with Gasteiger partial charge in [0.05, 0.1) is 11.2 Å². The third-order valence-corrected chi connectivity index (χ3v) is 7.05. The van der Waals surface area contributed by atoms with Crippen molar-refractivity contribution < 1.29 is 17.6 Å². The summed E-state index contributed by atoms with van der Waals surface area (Å²) in [6.45, 7) is 6.56. The van der Waals surface area contributed by atoms with Crippen molar-refractivity contribution in [1.29, 1.82) is 0 Å². The number of hydrogen-bond acceptors (Lipinski definition) is 4. The highest BCUT2D eigenvalue weighted by Crippen LogP contribution is 2.28. The summed E-state index contributed by atoms with van der Waals surface area (Å²) in [4.78, 5) is 14.6. The minimum absolute atomic E-state index is 0.164. The fourth-order valence-electron chi connectivity index (χ4n) is 4.15. The number of benzene rings is 2. The Balaban J connectivity index is 1.59. The fourth-order valence-corrected chi connectivity index (χ4v) is 5.65. The van der Waals surface area contributed by atoms with Crippen LogP contribution in [-0.4, -0.2) is 25.8 Å². The highest BCUT2D eigenvalue weighted by molar-refractivity contribution is 7.92. The van der Waals surface area contributed by atoms with Crippen LogP contribution in [0.25, 0.3) is 0 Å². The zero-order chi connectivity index (χ0) is 21.5. The minimum atomic E-state index is -3.73. The summed E-state index contributed by atoms with van der Waals surface area (Å²) in [7, 11) is -3.73. The zero-order valence-electron chi connectivity index (χ0n) is 17.2. The number of anilines is 1. The van der Waals surface area contributed by atoms with Gasteiger partial charge in [-0.3, -0.25) is 9.52 Å². The van der Waals surface area contributed by atoms with Gasteiger partial charge >= 0.3 is 0 Å². The van der Waals surface area contributed by atoms with E-state index in [1.54, 1.807) is 36.9 Å². The van der Waals surface area contributed by atoms with Crippen molar-refractivity contribution in [2.45, 2.75) is 38.6 Å². The number of aryl methyl sites for hydroxylation is 3. The Labute approximate surface area is 176 Å². The van der Waals surface area contributed by atoms with Gasteiger partial charge in [-0.15, -0.1) is 0 Å². The summed E-state index contributed by atoms with van der Waals surface area (Å²) in [6.07, 6.45) is 2.19. The average Bonchev–Trinajstić information content (AvgIpc) is 3.20. The largest absolute Gasteiger partial charge is 0.459 e. The highest BCUT2D eigenvalue weighted by Gasteiger charge is 2.25. The van der Waals surface area contributed by atoms with Gasteiger partial charge in [0.15, 0.2) is 5.76 Å². The number of hydrogen-bond donors (Lipinski definition) is 1. The van der Waals surface area contributed by atoms with Crippen LogP contribution in [-0.2, 0) is 23.0 Å². The third-order valence-electron chi connectivity index (χ3n) is 5.36. The van der Waals surface area contributed by atoms with Crippen molar-refractivity contribution in [3.8, 4) is 0 Å². The van der Waals surface area contributed by atoms with E-state index in [1.165, 1.54) is 6.26 Å². The number of carbonyl (C=O) groups is 1. The molecule has 0 atom stereocenters. The Morgan fingerprint density at radius 3 is 2.43 bits per heavy atom. The molecule has 0 aliphatic carbocycles. The van der Waals surface area contributed by atoms with Gasteiger partial charge in [0, 0.05) is 18.8 Å². The quantitative estimate of drug-likeness (QED) is 0.681. The Morgan fingerprint density at radius 2 is 1.77 bits per heavy atom. The summed E-state index contributed by atoms with van der Waals surface area (Å²) in [6, 6.07) is 12.6. The Kier molecular flexibility index (Phi) is 5.15. The Hall–Kier alpha value is -3.06. The van der Waals surface area contributed by atoms with Crippen LogP contribution >= 0.6 is 0 Å². The molecule has 156 valence electrons. The number of sulfonamides is 1. The van der Waals surface area contributed by atoms with Gasteiger partial charge in [0.1, 0.15) is 0 Å². The summed E-state index contributed by atoms with van der Waals surface area (Å²) in [5.74, 6) is 0.142. The Morgan fingerprint density at radius 1 is 1.03 bits per heavy atom. The SMILES string of the molecule is Cc1cc(C)c(S(=O)(=O)Nc2ccc3c(c2)CN(C(=O)c2ccco2)CC3)c(C)c1. The Bertz CT molecular complexity index is 1190. The van der Waals surface area contributed by atoms with Crippen LogP contribution in [0.5, 0.6) is 0 Å². The van der Waals surface area contributed by atoms with E-state index in [-0.39, 0.29) is 5.91 Å². The molecule has 1 aliphatic heterocycles. The van der Waals surface area contributed by atoms with E-state index in [0.717, 1.165) is 16.7 Å². The van der Waals surface area contributed by atoms with Gasteiger partial charge < -0.3 is 9.32 Å². The van der Waals surface area contributed by atoms with Crippen molar-refractivity contribution in [2.24, 2.45) is 0 Å². The molecule has 0 saturated carbocycles. The first-order chi connectivity index (χ1) is 14.2. The maximum atomic E-state index is 13.1. The predicted molar refractivity (Wildman–Crippen MR) is 115 cm³/mol. The molecule has 0 fully saturated rings. The average molecular weight is 425 g/mol. The van der Waals surface area contributed by atoms with Crippen LogP contribution in [0.4, 0.5) is 5.69 Å². The van der Waals surface area contributed by atoms with Crippen LogP contribution in [0, 0.1) is 20.8 Å². The lowest BCUT2D eigenvalue weighted by molar-refractivity contribution is 0.0702. The van der Waals surface area contributed by atoms with Gasteiger partial charge in [-0.2, -0.15) is 0 Å². The molecule has 4 rings (SSSR count). The molecule has 1 aliphatic rings. The van der Waals surface area contributed by atoms with E-state index in [4.69, 9.17) is 4.42 Å². The van der Waals surface area contributed by atoms with Crippen LogP contribution < -0.4 is 4.72 Å². The second-order valence-electron chi connectivity index (χ2n) is 7.77.